The minimum Gasteiger partial charge on any atom is -0.481 e. The summed E-state index contributed by atoms with van der Waals surface area (Å²) < 4.78 is 31.0. The molecule has 0 bridgehead atoms. The Morgan fingerprint density at radius 2 is 1.54 bits per heavy atom. The molecular weight excluding hydrogens is 624 g/mol. The highest BCUT2D eigenvalue weighted by atomic mass is 32.2. The summed E-state index contributed by atoms with van der Waals surface area (Å²) in [6, 6.07) is 11.9. The number of anilines is 1. The van der Waals surface area contributed by atoms with Crippen molar-refractivity contribution in [3.05, 3.63) is 77.0 Å². The first-order valence-electron chi connectivity index (χ1n) is 13.3. The summed E-state index contributed by atoms with van der Waals surface area (Å²) in [4.78, 5) is 54.7. The van der Waals surface area contributed by atoms with Crippen molar-refractivity contribution in [3.8, 4) is 17.0 Å². The number of nitrogens with one attached hydrogen (secondary N) is 4. The largest absolute Gasteiger partial charge is 0.481 e. The van der Waals surface area contributed by atoms with Gasteiger partial charge in [0.05, 0.1) is 18.9 Å². The van der Waals surface area contributed by atoms with E-state index in [1.165, 1.54) is 36.9 Å². The van der Waals surface area contributed by atoms with Gasteiger partial charge < -0.3 is 26.2 Å². The van der Waals surface area contributed by atoms with E-state index in [1.54, 1.807) is 24.3 Å². The van der Waals surface area contributed by atoms with Crippen molar-refractivity contribution >= 4 is 45.3 Å². The van der Waals surface area contributed by atoms with Crippen LogP contribution in [0.5, 0.6) is 5.88 Å². The monoisotopic (exact) mass is 658 g/mol. The number of nitrogen functional groups attached to an aromatic ring is 1. The van der Waals surface area contributed by atoms with E-state index >= 15 is 0 Å². The lowest BCUT2D eigenvalue weighted by Crippen LogP contribution is -2.46. The first kappa shape index (κ1) is 36.8. The summed E-state index contributed by atoms with van der Waals surface area (Å²) >= 11 is 0. The summed E-state index contributed by atoms with van der Waals surface area (Å²) in [6.07, 6.45) is 0.947. The molecule has 46 heavy (non-hydrogen) atoms. The molecule has 0 saturated heterocycles. The molecule has 0 saturated carbocycles. The van der Waals surface area contributed by atoms with E-state index in [0.29, 0.717) is 17.5 Å². The Morgan fingerprint density at radius 3 is 2.04 bits per heavy atom. The predicted molar refractivity (Wildman–Crippen MR) is 167 cm³/mol. The first-order chi connectivity index (χ1) is 21.4. The van der Waals surface area contributed by atoms with Gasteiger partial charge in [-0.05, 0) is 60.4 Å². The minimum atomic E-state index is -3.67. The maximum Gasteiger partial charge on any atom is 0.336 e. The molecule has 0 fully saturated rings. The summed E-state index contributed by atoms with van der Waals surface area (Å²) in [7, 11) is -2.30. The van der Waals surface area contributed by atoms with Gasteiger partial charge in [0.15, 0.2) is 0 Å². The fourth-order valence-electron chi connectivity index (χ4n) is 3.99. The van der Waals surface area contributed by atoms with E-state index in [0.717, 1.165) is 6.07 Å². The Balaban J connectivity index is 0.00000136. The molecule has 17 heteroatoms. The van der Waals surface area contributed by atoms with Crippen molar-refractivity contribution in [2.45, 2.75) is 26.3 Å². The van der Waals surface area contributed by atoms with Gasteiger partial charge in [0.2, 0.25) is 5.88 Å². The molecule has 3 aromatic rings. The highest BCUT2D eigenvalue weighted by Crippen LogP contribution is 2.30. The van der Waals surface area contributed by atoms with Crippen LogP contribution in [0.25, 0.3) is 11.1 Å². The number of carbonyl (C=O) groups excluding carboxylic acids is 3. The van der Waals surface area contributed by atoms with Crippen LogP contribution in [0.3, 0.4) is 0 Å². The normalized spacial score (nSPS) is 11.4. The third-order valence-corrected chi connectivity index (χ3v) is 5.99. The number of amides is 3. The van der Waals surface area contributed by atoms with Gasteiger partial charge in [-0.1, -0.05) is 19.9 Å². The number of aromatic carboxylic acids is 1. The number of hydrogen-bond donors (Lipinski definition) is 8. The number of aromatic nitrogens is 1. The molecule has 0 aliphatic rings. The fourth-order valence-corrected chi connectivity index (χ4v) is 3.99. The van der Waals surface area contributed by atoms with E-state index in [4.69, 9.17) is 25.6 Å². The molecule has 9 N–H and O–H groups in total. The van der Waals surface area contributed by atoms with Crippen molar-refractivity contribution in [2.75, 3.05) is 18.7 Å². The number of ether oxygens (including phenoxy) is 1. The van der Waals surface area contributed by atoms with Crippen LogP contribution in [0.4, 0.5) is 5.69 Å². The quantitative estimate of drug-likeness (QED) is 0.0484. The maximum absolute atomic E-state index is 13.3. The smallest absolute Gasteiger partial charge is 0.336 e. The first-order valence-corrected chi connectivity index (χ1v) is 15.2. The van der Waals surface area contributed by atoms with Crippen molar-refractivity contribution in [1.82, 2.24) is 15.8 Å². The number of amidine groups is 1. The highest BCUT2D eigenvalue weighted by molar-refractivity contribution is 7.85. The Kier molecular flexibility index (Phi) is 12.9. The van der Waals surface area contributed by atoms with Gasteiger partial charge >= 0.3 is 5.97 Å². The van der Waals surface area contributed by atoms with Crippen molar-refractivity contribution in [3.63, 3.8) is 0 Å². The van der Waals surface area contributed by atoms with E-state index < -0.39 is 39.9 Å². The molecule has 16 nitrogen and oxygen atoms in total. The number of pyridine rings is 1. The van der Waals surface area contributed by atoms with Crippen LogP contribution in [0.2, 0.25) is 0 Å². The molecule has 2 aromatic carbocycles. The molecule has 3 amide bonds. The Bertz CT molecular complexity index is 1720. The molecular formula is C29H34N6O10S. The molecule has 0 radical (unpaired) electrons. The molecule has 0 aliphatic heterocycles. The Labute approximate surface area is 264 Å². The van der Waals surface area contributed by atoms with Crippen LogP contribution in [0.15, 0.2) is 54.6 Å². The molecule has 1 aromatic heterocycles. The molecule has 246 valence electrons. The molecule has 0 aliphatic carbocycles. The summed E-state index contributed by atoms with van der Waals surface area (Å²) in [5.41, 5.74) is 7.61. The van der Waals surface area contributed by atoms with Crippen molar-refractivity contribution in [1.29, 1.82) is 5.41 Å². The topological polar surface area (TPSA) is 271 Å². The number of hydroxylamine groups is 1. The fraction of sp³-hybridized carbons (Fsp3) is 0.241. The van der Waals surface area contributed by atoms with Crippen molar-refractivity contribution < 1.29 is 47.2 Å². The van der Waals surface area contributed by atoms with Gasteiger partial charge in [0, 0.05) is 28.4 Å². The maximum atomic E-state index is 13.3. The number of benzene rings is 2. The van der Waals surface area contributed by atoms with Gasteiger partial charge in [0.1, 0.15) is 17.6 Å². The van der Waals surface area contributed by atoms with Gasteiger partial charge in [-0.2, -0.15) is 8.42 Å². The number of carboxylic acids is 1. The molecule has 1 atom stereocenters. The van der Waals surface area contributed by atoms with Crippen LogP contribution in [-0.4, -0.2) is 77.2 Å². The third kappa shape index (κ3) is 11.0. The second-order valence-electron chi connectivity index (χ2n) is 10.1. The summed E-state index contributed by atoms with van der Waals surface area (Å²) in [5.74, 6) is -3.59. The number of rotatable bonds is 11. The molecule has 0 spiro atoms. The second kappa shape index (κ2) is 16.1. The van der Waals surface area contributed by atoms with Crippen LogP contribution in [0.1, 0.15) is 57.0 Å². The van der Waals surface area contributed by atoms with Gasteiger partial charge in [-0.3, -0.25) is 29.6 Å². The second-order valence-corrected chi connectivity index (χ2v) is 11.6. The lowest BCUT2D eigenvalue weighted by molar-refractivity contribution is -0.131. The number of carboxylic acid groups (broad SMARTS) is 1. The Hall–Kier alpha value is -5.39. The summed E-state index contributed by atoms with van der Waals surface area (Å²) in [6.45, 7) is 3.66. The van der Waals surface area contributed by atoms with Gasteiger partial charge in [0.25, 0.3) is 27.8 Å². The van der Waals surface area contributed by atoms with Crippen LogP contribution < -0.4 is 26.6 Å². The van der Waals surface area contributed by atoms with Gasteiger partial charge in [-0.25, -0.2) is 15.3 Å². The SMILES string of the molecule is COc1ccc(-c2ccc(C(=O)N[C@@H](CC(C)C)C(=O)NO)cc2C(=O)O)c(C(=O)Nc2ccc(C(=N)N)cc2)n1.CS(=O)(=O)O. The summed E-state index contributed by atoms with van der Waals surface area (Å²) in [5, 5.41) is 31.7. The molecule has 0 unspecified atom stereocenters. The molecule has 3 rings (SSSR count). The van der Waals surface area contributed by atoms with Crippen LogP contribution in [-0.2, 0) is 14.9 Å². The zero-order valence-electron chi connectivity index (χ0n) is 25.2. The number of nitrogens with two attached hydrogens (primary N) is 1. The average Bonchev–Trinajstić information content (AvgIpc) is 2.98. The van der Waals surface area contributed by atoms with E-state index in [9.17, 15) is 32.7 Å². The predicted octanol–water partition coefficient (Wildman–Crippen LogP) is 2.15. The number of carbonyl (C=O) groups is 4. The highest BCUT2D eigenvalue weighted by Gasteiger charge is 2.25. The van der Waals surface area contributed by atoms with E-state index in [-0.39, 0.29) is 52.0 Å². The average molecular weight is 659 g/mol. The number of nitrogens with zero attached hydrogens (tertiary/aromatic N) is 1. The standard InChI is InChI=1S/C28H30N6O7.CH4O3S/c1-14(2)12-21(26(36)34-40)32-25(35)16-6-9-18(20(13-16)28(38)39)19-10-11-22(41-3)33-23(19)27(37)31-17-7-4-15(5-8-17)24(29)30;1-5(2,3)4/h4-11,13-14,21,40H,12H2,1-3H3,(H3,29,30)(H,31,37)(H,32,35)(H,34,36)(H,38,39);1H3,(H,2,3,4)/t21-;/m0./s1. The molecule has 1 heterocycles. The van der Waals surface area contributed by atoms with E-state index in [1.807, 2.05) is 13.8 Å². The number of methoxy groups -OCH3 is 1. The zero-order valence-corrected chi connectivity index (χ0v) is 26.0. The van der Waals surface area contributed by atoms with Crippen LogP contribution >= 0.6 is 0 Å². The zero-order chi connectivity index (χ0) is 34.8. The van der Waals surface area contributed by atoms with Gasteiger partial charge in [-0.15, -0.1) is 0 Å². The number of hydrogen-bond acceptors (Lipinski definition) is 10. The van der Waals surface area contributed by atoms with Crippen molar-refractivity contribution in [2.24, 2.45) is 11.7 Å². The lowest BCUT2D eigenvalue weighted by Gasteiger charge is -2.19. The Morgan fingerprint density at radius 1 is 0.978 bits per heavy atom. The minimum absolute atomic E-state index is 0.00812. The lowest BCUT2D eigenvalue weighted by atomic mass is 9.95. The van der Waals surface area contributed by atoms with Crippen LogP contribution in [0, 0.1) is 11.3 Å². The van der Waals surface area contributed by atoms with E-state index in [2.05, 4.69) is 15.6 Å². The third-order valence-electron chi connectivity index (χ3n) is 5.99.